The Morgan fingerprint density at radius 3 is 1.84 bits per heavy atom. The first-order chi connectivity index (χ1) is 8.88. The predicted octanol–water partition coefficient (Wildman–Crippen LogP) is 4.52. The fourth-order valence-electron chi connectivity index (χ4n) is 3.87. The Morgan fingerprint density at radius 2 is 1.37 bits per heavy atom. The van der Waals surface area contributed by atoms with Gasteiger partial charge in [-0.15, -0.1) is 0 Å². The number of hydrogen-bond donors (Lipinski definition) is 1. The summed E-state index contributed by atoms with van der Waals surface area (Å²) in [6.07, 6.45) is 1.77. The molecule has 1 N–H and O–H groups in total. The van der Waals surface area contributed by atoms with Crippen molar-refractivity contribution in [2.45, 2.75) is 77.1 Å². The van der Waals surface area contributed by atoms with E-state index >= 15 is 0 Å². The second kappa shape index (κ2) is 6.02. The lowest BCUT2D eigenvalue weighted by molar-refractivity contribution is -0.183. The maximum atomic E-state index is 12.6. The normalized spacial score (nSPS) is 41.2. The van der Waals surface area contributed by atoms with Gasteiger partial charge in [0.1, 0.15) is 0 Å². The molecule has 0 aromatic carbocycles. The summed E-state index contributed by atoms with van der Waals surface area (Å²) < 4.78 is 37.9. The van der Waals surface area contributed by atoms with Crippen LogP contribution in [0.2, 0.25) is 0 Å². The Hall–Kier alpha value is -0.250. The minimum atomic E-state index is -3.99. The molecule has 0 aromatic rings. The van der Waals surface area contributed by atoms with Gasteiger partial charge in [0, 0.05) is 12.1 Å². The average Bonchev–Trinajstić information content (AvgIpc) is 2.33. The van der Waals surface area contributed by atoms with E-state index in [9.17, 15) is 13.2 Å². The van der Waals surface area contributed by atoms with Crippen LogP contribution in [0.3, 0.4) is 0 Å². The van der Waals surface area contributed by atoms with Crippen LogP contribution in [0.4, 0.5) is 13.2 Å². The summed E-state index contributed by atoms with van der Waals surface area (Å²) in [6, 6.07) is 0.799. The Morgan fingerprint density at radius 1 is 0.842 bits per heavy atom. The van der Waals surface area contributed by atoms with Crippen LogP contribution in [0.15, 0.2) is 0 Å². The van der Waals surface area contributed by atoms with E-state index in [1.807, 2.05) is 0 Å². The second-order valence-corrected chi connectivity index (χ2v) is 6.67. The summed E-state index contributed by atoms with van der Waals surface area (Å²) in [4.78, 5) is 0. The van der Waals surface area contributed by atoms with E-state index in [-0.39, 0.29) is 0 Å². The van der Waals surface area contributed by atoms with Crippen molar-refractivity contribution in [3.05, 3.63) is 0 Å². The highest BCUT2D eigenvalue weighted by molar-refractivity contribution is 4.88. The van der Waals surface area contributed by atoms with Gasteiger partial charge in [0.05, 0.1) is 5.92 Å². The molecule has 2 aliphatic rings. The van der Waals surface area contributed by atoms with Crippen molar-refractivity contribution < 1.29 is 13.2 Å². The summed E-state index contributed by atoms with van der Waals surface area (Å²) >= 11 is 0. The van der Waals surface area contributed by atoms with E-state index in [1.165, 1.54) is 19.3 Å². The molecule has 2 unspecified atom stereocenters. The quantitative estimate of drug-likeness (QED) is 0.782. The fraction of sp³-hybridized carbons (Fsp3) is 1.00. The molecule has 0 aromatic heterocycles. The molecule has 19 heavy (non-hydrogen) atoms. The monoisotopic (exact) mass is 277 g/mol. The van der Waals surface area contributed by atoms with Crippen LogP contribution in [-0.4, -0.2) is 18.3 Å². The Balaban J connectivity index is 1.82. The van der Waals surface area contributed by atoms with Crippen LogP contribution in [-0.2, 0) is 0 Å². The topological polar surface area (TPSA) is 12.0 Å². The third-order valence-corrected chi connectivity index (χ3v) is 5.16. The molecule has 0 amide bonds. The van der Waals surface area contributed by atoms with Crippen molar-refractivity contribution in [1.29, 1.82) is 0 Å². The molecule has 0 heterocycles. The van der Waals surface area contributed by atoms with Crippen molar-refractivity contribution in [2.75, 3.05) is 0 Å². The van der Waals surface area contributed by atoms with Crippen LogP contribution < -0.4 is 5.32 Å². The fourth-order valence-corrected chi connectivity index (χ4v) is 3.87. The van der Waals surface area contributed by atoms with Gasteiger partial charge in [0.25, 0.3) is 0 Å². The maximum Gasteiger partial charge on any atom is 0.391 e. The molecule has 2 aliphatic carbocycles. The average molecular weight is 277 g/mol. The number of nitrogens with one attached hydrogen (secondary N) is 1. The van der Waals surface area contributed by atoms with Crippen LogP contribution in [0.25, 0.3) is 0 Å². The van der Waals surface area contributed by atoms with Gasteiger partial charge < -0.3 is 5.32 Å². The molecule has 4 heteroatoms. The molecule has 2 rings (SSSR count). The van der Waals surface area contributed by atoms with Crippen molar-refractivity contribution in [3.8, 4) is 0 Å². The van der Waals surface area contributed by atoms with Crippen LogP contribution in [0, 0.1) is 17.8 Å². The summed E-state index contributed by atoms with van der Waals surface area (Å²) in [6.45, 7) is 4.54. The molecule has 2 fully saturated rings. The lowest BCUT2D eigenvalue weighted by atomic mass is 9.77. The molecule has 0 spiro atoms. The van der Waals surface area contributed by atoms with Gasteiger partial charge >= 0.3 is 6.18 Å². The largest absolute Gasteiger partial charge is 0.391 e. The molecular formula is C15H26F3N. The van der Waals surface area contributed by atoms with Crippen molar-refractivity contribution >= 4 is 0 Å². The van der Waals surface area contributed by atoms with Crippen molar-refractivity contribution in [3.63, 3.8) is 0 Å². The number of rotatable bonds is 2. The summed E-state index contributed by atoms with van der Waals surface area (Å²) in [5.41, 5.74) is 0. The van der Waals surface area contributed by atoms with Crippen LogP contribution in [0.1, 0.15) is 58.8 Å². The molecule has 0 saturated heterocycles. The zero-order valence-electron chi connectivity index (χ0n) is 12.0. The summed E-state index contributed by atoms with van der Waals surface area (Å²) in [5, 5.41) is 3.66. The smallest absolute Gasteiger partial charge is 0.311 e. The van der Waals surface area contributed by atoms with Crippen LogP contribution >= 0.6 is 0 Å². The van der Waals surface area contributed by atoms with E-state index in [0.717, 1.165) is 0 Å². The minimum Gasteiger partial charge on any atom is -0.311 e. The van der Waals surface area contributed by atoms with E-state index in [1.54, 1.807) is 0 Å². The van der Waals surface area contributed by atoms with Crippen molar-refractivity contribution in [2.24, 2.45) is 17.8 Å². The van der Waals surface area contributed by atoms with Gasteiger partial charge in [-0.2, -0.15) is 13.2 Å². The molecule has 112 valence electrons. The molecule has 0 bridgehead atoms. The van der Waals surface area contributed by atoms with E-state index in [0.29, 0.717) is 49.6 Å². The van der Waals surface area contributed by atoms with E-state index in [2.05, 4.69) is 19.2 Å². The highest BCUT2D eigenvalue weighted by atomic mass is 19.4. The first-order valence-electron chi connectivity index (χ1n) is 7.70. The second-order valence-electron chi connectivity index (χ2n) is 6.67. The van der Waals surface area contributed by atoms with Gasteiger partial charge in [-0.25, -0.2) is 0 Å². The first kappa shape index (κ1) is 15.1. The SMILES string of the molecule is CC1CCCC(C)C1NC1CCC(C(F)(F)F)CC1. The zero-order valence-corrected chi connectivity index (χ0v) is 12.0. The van der Waals surface area contributed by atoms with Gasteiger partial charge in [-0.1, -0.05) is 20.3 Å². The first-order valence-corrected chi connectivity index (χ1v) is 7.70. The highest BCUT2D eigenvalue weighted by Crippen LogP contribution is 2.38. The summed E-state index contributed by atoms with van der Waals surface area (Å²) in [7, 11) is 0. The third-order valence-electron chi connectivity index (χ3n) is 5.16. The Labute approximate surface area is 114 Å². The molecule has 2 atom stereocenters. The number of alkyl halides is 3. The maximum absolute atomic E-state index is 12.6. The Bertz CT molecular complexity index is 272. The van der Waals surface area contributed by atoms with Gasteiger partial charge in [-0.05, 0) is 50.4 Å². The molecule has 0 aliphatic heterocycles. The minimum absolute atomic E-state index is 0.298. The van der Waals surface area contributed by atoms with Gasteiger partial charge in [0.15, 0.2) is 0 Å². The lowest BCUT2D eigenvalue weighted by Gasteiger charge is -2.40. The molecule has 0 radical (unpaired) electrons. The lowest BCUT2D eigenvalue weighted by Crippen LogP contribution is -2.49. The molecule has 1 nitrogen and oxygen atoms in total. The number of halogens is 3. The predicted molar refractivity (Wildman–Crippen MR) is 70.9 cm³/mol. The molecule has 2 saturated carbocycles. The number of hydrogen-bond acceptors (Lipinski definition) is 1. The van der Waals surface area contributed by atoms with Gasteiger partial charge in [-0.3, -0.25) is 0 Å². The van der Waals surface area contributed by atoms with E-state index in [4.69, 9.17) is 0 Å². The van der Waals surface area contributed by atoms with Gasteiger partial charge in [0.2, 0.25) is 0 Å². The Kier molecular flexibility index (Phi) is 4.80. The molecular weight excluding hydrogens is 251 g/mol. The van der Waals surface area contributed by atoms with E-state index < -0.39 is 12.1 Å². The standard InChI is InChI=1S/C15H26F3N/c1-10-4-3-5-11(2)14(10)19-13-8-6-12(7-9-13)15(16,17)18/h10-14,19H,3-9H2,1-2H3. The van der Waals surface area contributed by atoms with Crippen LogP contribution in [0.5, 0.6) is 0 Å². The highest BCUT2D eigenvalue weighted by Gasteiger charge is 2.42. The summed E-state index contributed by atoms with van der Waals surface area (Å²) in [5.74, 6) is 0.250. The zero-order chi connectivity index (χ0) is 14.0. The third kappa shape index (κ3) is 3.87. The van der Waals surface area contributed by atoms with Crippen molar-refractivity contribution in [1.82, 2.24) is 5.32 Å².